The van der Waals surface area contributed by atoms with Crippen molar-refractivity contribution < 1.29 is 19.8 Å². The van der Waals surface area contributed by atoms with Crippen LogP contribution in [0.25, 0.3) is 12.2 Å². The Morgan fingerprint density at radius 2 is 1.25 bits per heavy atom. The van der Waals surface area contributed by atoms with Crippen molar-refractivity contribution in [1.82, 2.24) is 0 Å². The Morgan fingerprint density at radius 3 is 1.44 bits per heavy atom. The summed E-state index contributed by atoms with van der Waals surface area (Å²) < 4.78 is 0. The maximum atomic E-state index is 10.9. The number of carboxylic acid groups (broad SMARTS) is 2. The molecular weight excluding hydrogens is 208 g/mol. The third-order valence-electron chi connectivity index (χ3n) is 2.16. The number of benzene rings is 1. The van der Waals surface area contributed by atoms with Gasteiger partial charge in [0.05, 0.1) is 11.1 Å². The highest BCUT2D eigenvalue weighted by atomic mass is 16.4. The van der Waals surface area contributed by atoms with Gasteiger partial charge < -0.3 is 10.2 Å². The summed E-state index contributed by atoms with van der Waals surface area (Å²) >= 11 is 0. The average Bonchev–Trinajstić information content (AvgIpc) is 2.26. The van der Waals surface area contributed by atoms with Crippen LogP contribution in [0.4, 0.5) is 0 Å². The lowest BCUT2D eigenvalue weighted by Crippen LogP contribution is -2.07. The van der Waals surface area contributed by atoms with Gasteiger partial charge in [-0.15, -0.1) is 0 Å². The largest absolute Gasteiger partial charge is 0.478 e. The molecule has 0 aliphatic carbocycles. The summed E-state index contributed by atoms with van der Waals surface area (Å²) in [5.41, 5.74) is 0.551. The van der Waals surface area contributed by atoms with E-state index >= 15 is 0 Å². The highest BCUT2D eigenvalue weighted by Gasteiger charge is 2.16. The van der Waals surface area contributed by atoms with Crippen LogP contribution in [-0.2, 0) is 0 Å². The molecular formula is C12H10O4. The molecule has 82 valence electrons. The van der Waals surface area contributed by atoms with E-state index in [1.54, 1.807) is 0 Å². The van der Waals surface area contributed by atoms with E-state index in [0.717, 1.165) is 0 Å². The standard InChI is InChI=1S/C12H10O4/c1-3-7-8(4-2)10(12(15)16)6-5-9(7)11(13)14/h3-6H,1-2H2,(H,13,14)(H,15,16). The first-order chi connectivity index (χ1) is 7.52. The molecule has 1 aromatic carbocycles. The van der Waals surface area contributed by atoms with Crippen molar-refractivity contribution >= 4 is 24.1 Å². The molecule has 0 radical (unpaired) electrons. The molecule has 0 heterocycles. The molecule has 0 unspecified atom stereocenters. The zero-order valence-electron chi connectivity index (χ0n) is 8.43. The maximum Gasteiger partial charge on any atom is 0.336 e. The fraction of sp³-hybridized carbons (Fsp3) is 0. The molecule has 0 aromatic heterocycles. The van der Waals surface area contributed by atoms with Gasteiger partial charge in [0.15, 0.2) is 0 Å². The molecule has 1 aromatic rings. The third-order valence-corrected chi connectivity index (χ3v) is 2.16. The lowest BCUT2D eigenvalue weighted by atomic mass is 9.96. The van der Waals surface area contributed by atoms with E-state index in [1.165, 1.54) is 24.3 Å². The second kappa shape index (κ2) is 4.44. The number of carboxylic acids is 2. The molecule has 1 rings (SSSR count). The Balaban J connectivity index is 3.65. The van der Waals surface area contributed by atoms with E-state index in [-0.39, 0.29) is 22.3 Å². The lowest BCUT2D eigenvalue weighted by Gasteiger charge is -2.08. The molecule has 0 saturated heterocycles. The van der Waals surface area contributed by atoms with Gasteiger partial charge in [0.2, 0.25) is 0 Å². The SMILES string of the molecule is C=Cc1c(C(=O)O)ccc(C(=O)O)c1C=C. The van der Waals surface area contributed by atoms with E-state index in [1.807, 2.05) is 0 Å². The first-order valence-corrected chi connectivity index (χ1v) is 4.41. The van der Waals surface area contributed by atoms with Crippen LogP contribution >= 0.6 is 0 Å². The molecule has 0 spiro atoms. The van der Waals surface area contributed by atoms with Crippen LogP contribution in [0.15, 0.2) is 25.3 Å². The fourth-order valence-corrected chi connectivity index (χ4v) is 1.45. The summed E-state index contributed by atoms with van der Waals surface area (Å²) in [6.45, 7) is 6.96. The average molecular weight is 218 g/mol. The predicted molar refractivity (Wildman–Crippen MR) is 60.5 cm³/mol. The molecule has 0 atom stereocenters. The van der Waals surface area contributed by atoms with Gasteiger partial charge in [-0.1, -0.05) is 25.3 Å². The van der Waals surface area contributed by atoms with Crippen LogP contribution in [0, 0.1) is 0 Å². The fourth-order valence-electron chi connectivity index (χ4n) is 1.45. The monoisotopic (exact) mass is 218 g/mol. The molecule has 0 aliphatic heterocycles. The van der Waals surface area contributed by atoms with Gasteiger partial charge in [-0.3, -0.25) is 0 Å². The zero-order chi connectivity index (χ0) is 12.3. The van der Waals surface area contributed by atoms with Crippen molar-refractivity contribution in [1.29, 1.82) is 0 Å². The highest BCUT2D eigenvalue weighted by Crippen LogP contribution is 2.22. The number of hydrogen-bond acceptors (Lipinski definition) is 2. The molecule has 0 aliphatic rings. The summed E-state index contributed by atoms with van der Waals surface area (Å²) in [7, 11) is 0. The van der Waals surface area contributed by atoms with Gasteiger partial charge in [0, 0.05) is 0 Å². The van der Waals surface area contributed by atoms with Gasteiger partial charge in [-0.05, 0) is 23.3 Å². The Bertz CT molecular complexity index is 441. The quantitative estimate of drug-likeness (QED) is 0.813. The number of carbonyl (C=O) groups is 2. The van der Waals surface area contributed by atoms with E-state index in [4.69, 9.17) is 10.2 Å². The van der Waals surface area contributed by atoms with Crippen LogP contribution in [-0.4, -0.2) is 22.2 Å². The second-order valence-corrected chi connectivity index (χ2v) is 3.01. The minimum atomic E-state index is -1.13. The topological polar surface area (TPSA) is 74.6 Å². The van der Waals surface area contributed by atoms with Crippen molar-refractivity contribution in [2.75, 3.05) is 0 Å². The van der Waals surface area contributed by atoms with Crippen LogP contribution in [0.2, 0.25) is 0 Å². The first-order valence-electron chi connectivity index (χ1n) is 4.41. The molecule has 4 nitrogen and oxygen atoms in total. The Morgan fingerprint density at radius 1 is 0.938 bits per heavy atom. The predicted octanol–water partition coefficient (Wildman–Crippen LogP) is 2.37. The van der Waals surface area contributed by atoms with Gasteiger partial charge in [0.25, 0.3) is 0 Å². The lowest BCUT2D eigenvalue weighted by molar-refractivity contribution is 0.0680. The normalized spacial score (nSPS) is 9.50. The number of rotatable bonds is 4. The van der Waals surface area contributed by atoms with Crippen molar-refractivity contribution in [3.05, 3.63) is 47.5 Å². The zero-order valence-corrected chi connectivity index (χ0v) is 8.43. The summed E-state index contributed by atoms with van der Waals surface area (Å²) in [5, 5.41) is 17.8. The summed E-state index contributed by atoms with van der Waals surface area (Å²) in [6, 6.07) is 2.49. The van der Waals surface area contributed by atoms with E-state index in [2.05, 4.69) is 13.2 Å². The van der Waals surface area contributed by atoms with Crippen LogP contribution in [0.5, 0.6) is 0 Å². The molecule has 0 bridgehead atoms. The smallest absolute Gasteiger partial charge is 0.336 e. The Kier molecular flexibility index (Phi) is 3.25. The van der Waals surface area contributed by atoms with Crippen molar-refractivity contribution in [3.63, 3.8) is 0 Å². The summed E-state index contributed by atoms with van der Waals surface area (Å²) in [4.78, 5) is 21.8. The van der Waals surface area contributed by atoms with E-state index in [9.17, 15) is 9.59 Å². The highest BCUT2D eigenvalue weighted by molar-refractivity contribution is 5.99. The van der Waals surface area contributed by atoms with Crippen LogP contribution in [0.1, 0.15) is 31.8 Å². The summed E-state index contributed by atoms with van der Waals surface area (Å²) in [5.74, 6) is -2.26. The molecule has 0 saturated carbocycles. The second-order valence-electron chi connectivity index (χ2n) is 3.01. The van der Waals surface area contributed by atoms with Crippen LogP contribution < -0.4 is 0 Å². The number of aromatic carboxylic acids is 2. The Labute approximate surface area is 92.2 Å². The van der Waals surface area contributed by atoms with E-state index in [0.29, 0.717) is 0 Å². The van der Waals surface area contributed by atoms with Crippen LogP contribution in [0.3, 0.4) is 0 Å². The minimum absolute atomic E-state index is 0.00917. The molecule has 2 N–H and O–H groups in total. The van der Waals surface area contributed by atoms with Crippen molar-refractivity contribution in [3.8, 4) is 0 Å². The van der Waals surface area contributed by atoms with Gasteiger partial charge in [-0.2, -0.15) is 0 Å². The summed E-state index contributed by atoms with van der Waals surface area (Å²) in [6.07, 6.45) is 2.62. The Hall–Kier alpha value is -2.36. The molecule has 0 fully saturated rings. The van der Waals surface area contributed by atoms with Gasteiger partial charge in [-0.25, -0.2) is 9.59 Å². The molecule has 4 heteroatoms. The minimum Gasteiger partial charge on any atom is -0.478 e. The van der Waals surface area contributed by atoms with Gasteiger partial charge >= 0.3 is 11.9 Å². The molecule has 16 heavy (non-hydrogen) atoms. The van der Waals surface area contributed by atoms with Crippen molar-refractivity contribution in [2.24, 2.45) is 0 Å². The third kappa shape index (κ3) is 1.86. The van der Waals surface area contributed by atoms with Crippen molar-refractivity contribution in [2.45, 2.75) is 0 Å². The first kappa shape index (κ1) is 11.7. The van der Waals surface area contributed by atoms with Gasteiger partial charge in [0.1, 0.15) is 0 Å². The number of hydrogen-bond donors (Lipinski definition) is 2. The maximum absolute atomic E-state index is 10.9. The molecule has 0 amide bonds. The van der Waals surface area contributed by atoms with E-state index < -0.39 is 11.9 Å².